The van der Waals surface area contributed by atoms with Gasteiger partial charge in [-0.25, -0.2) is 14.1 Å². The van der Waals surface area contributed by atoms with Crippen LogP contribution in [-0.2, 0) is 21.4 Å². The number of aryl methyl sites for hydroxylation is 2. The highest BCUT2D eigenvalue weighted by Gasteiger charge is 2.52. The largest absolute Gasteiger partial charge is 0.384 e. The fraction of sp³-hybridized carbons (Fsp3) is 0.488. The highest BCUT2D eigenvalue weighted by molar-refractivity contribution is 6.43. The third-order valence-electron chi connectivity index (χ3n) is 13.0. The molecule has 6 aliphatic rings. The van der Waals surface area contributed by atoms with Crippen LogP contribution in [0.5, 0.6) is 0 Å². The highest BCUT2D eigenvalue weighted by Crippen LogP contribution is 2.53. The Bertz CT molecular complexity index is 2400. The van der Waals surface area contributed by atoms with E-state index in [1.165, 1.54) is 0 Å². The molecular weight excluding hydrogens is 726 g/mol. The number of halogens is 3. The second-order valence-corrected chi connectivity index (χ2v) is 17.0. The molecule has 54 heavy (non-hydrogen) atoms. The summed E-state index contributed by atoms with van der Waals surface area (Å²) in [5.74, 6) is 0.179. The smallest absolute Gasteiger partial charge is 0.226 e. The maximum absolute atomic E-state index is 17.3. The van der Waals surface area contributed by atoms with Crippen molar-refractivity contribution in [2.45, 2.75) is 87.9 Å². The van der Waals surface area contributed by atoms with Gasteiger partial charge in [0.15, 0.2) is 5.82 Å². The van der Waals surface area contributed by atoms with E-state index in [1.807, 2.05) is 17.7 Å². The molecule has 3 saturated carbocycles. The molecule has 3 aliphatic carbocycles. The van der Waals surface area contributed by atoms with Crippen LogP contribution < -0.4 is 5.32 Å². The van der Waals surface area contributed by atoms with Gasteiger partial charge in [-0.1, -0.05) is 40.5 Å². The van der Waals surface area contributed by atoms with Gasteiger partial charge in [-0.3, -0.25) is 4.79 Å². The summed E-state index contributed by atoms with van der Waals surface area (Å²) in [6, 6.07) is 11.8. The molecule has 3 aliphatic heterocycles. The van der Waals surface area contributed by atoms with Crippen molar-refractivity contribution in [2.24, 2.45) is 11.8 Å². The lowest BCUT2D eigenvalue weighted by atomic mass is 9.79. The number of nitrogens with one attached hydrogen (secondary N) is 1. The zero-order valence-electron chi connectivity index (χ0n) is 30.3. The van der Waals surface area contributed by atoms with E-state index in [-0.39, 0.29) is 58.4 Å². The van der Waals surface area contributed by atoms with Gasteiger partial charge >= 0.3 is 0 Å². The molecule has 5 aromatic rings. The Morgan fingerprint density at radius 3 is 2.72 bits per heavy atom. The van der Waals surface area contributed by atoms with Crippen molar-refractivity contribution in [3.63, 3.8) is 0 Å². The zero-order chi connectivity index (χ0) is 37.0. The second kappa shape index (κ2) is 12.7. The summed E-state index contributed by atoms with van der Waals surface area (Å²) >= 11 is 13.2. The van der Waals surface area contributed by atoms with Crippen molar-refractivity contribution in [1.29, 1.82) is 5.26 Å². The number of amides is 1. The fourth-order valence-electron chi connectivity index (χ4n) is 9.79. The van der Waals surface area contributed by atoms with Gasteiger partial charge in [0.25, 0.3) is 0 Å². The molecule has 5 unspecified atom stereocenters. The summed E-state index contributed by atoms with van der Waals surface area (Å²) in [5, 5.41) is 24.9. The average molecular weight is 768 g/mol. The van der Waals surface area contributed by atoms with Gasteiger partial charge in [-0.15, -0.1) is 5.10 Å². The first-order valence-electron chi connectivity index (χ1n) is 19.1. The standard InChI is InChI=1S/C41H41Cl2FN8O2/c1-21-27-16-32(31-15-25(18-50(31)40(53)22-8-9-22)51-19-33(48-49-51)41(10-11-41)20-54-2)52(38-24-14-30(38)46-17-24)39(27)28-13-23(5-4-12-45)34(36(44)37(28)47-21)26-6-3-7-29(42)35(26)43/h3,6-7,13,16,19,22,24-25,30-31,38,46H,4-5,8-11,14-15,17-18,20H2,1-2H3. The number of nitrogens with zero attached hydrogens (tertiary/aromatic N) is 7. The van der Waals surface area contributed by atoms with E-state index in [2.05, 4.69) is 43.4 Å². The lowest BCUT2D eigenvalue weighted by Gasteiger charge is -2.39. The molecule has 1 amide bonds. The van der Waals surface area contributed by atoms with Crippen LogP contribution in [0, 0.1) is 35.9 Å². The Hall–Kier alpha value is -4.08. The summed E-state index contributed by atoms with van der Waals surface area (Å²) in [6.45, 7) is 4.02. The number of rotatable bonds is 10. The van der Waals surface area contributed by atoms with Gasteiger partial charge in [-0.2, -0.15) is 5.26 Å². The monoisotopic (exact) mass is 766 g/mol. The summed E-state index contributed by atoms with van der Waals surface area (Å²) in [4.78, 5) is 21.2. The molecule has 1 N–H and O–H groups in total. The third-order valence-corrected chi connectivity index (χ3v) is 13.8. The molecule has 278 valence electrons. The van der Waals surface area contributed by atoms with E-state index in [4.69, 9.17) is 32.9 Å². The molecule has 0 radical (unpaired) electrons. The predicted octanol–water partition coefficient (Wildman–Crippen LogP) is 7.79. The molecule has 3 aromatic heterocycles. The first-order valence-corrected chi connectivity index (χ1v) is 19.9. The van der Waals surface area contributed by atoms with Gasteiger partial charge in [0.05, 0.1) is 52.1 Å². The van der Waals surface area contributed by atoms with Crippen molar-refractivity contribution in [1.82, 2.24) is 34.8 Å². The molecule has 10 nitrogen and oxygen atoms in total. The topological polar surface area (TPSA) is 114 Å². The minimum Gasteiger partial charge on any atom is -0.384 e. The minimum atomic E-state index is -0.478. The molecule has 6 fully saturated rings. The van der Waals surface area contributed by atoms with Crippen molar-refractivity contribution < 1.29 is 13.9 Å². The predicted molar refractivity (Wildman–Crippen MR) is 204 cm³/mol. The molecule has 13 heteroatoms. The first-order chi connectivity index (χ1) is 26.2. The highest BCUT2D eigenvalue weighted by atomic mass is 35.5. The number of likely N-dealkylation sites (tertiary alicyclic amines) is 1. The van der Waals surface area contributed by atoms with Crippen LogP contribution in [0.4, 0.5) is 4.39 Å². The van der Waals surface area contributed by atoms with Crippen LogP contribution in [0.1, 0.15) is 85.7 Å². The number of fused-ring (bicyclic) bond motifs is 4. The molecule has 2 aromatic carbocycles. The molecule has 5 atom stereocenters. The van der Waals surface area contributed by atoms with E-state index < -0.39 is 5.82 Å². The Morgan fingerprint density at radius 1 is 1.19 bits per heavy atom. The van der Waals surface area contributed by atoms with Gasteiger partial charge < -0.3 is 19.5 Å². The van der Waals surface area contributed by atoms with E-state index >= 15 is 4.39 Å². The number of hydrogen-bond donors (Lipinski definition) is 1. The van der Waals surface area contributed by atoms with Crippen molar-refractivity contribution in [3.05, 3.63) is 75.0 Å². The Kier molecular flexibility index (Phi) is 8.12. The number of ether oxygens (including phenoxy) is 1. The van der Waals surface area contributed by atoms with Crippen LogP contribution in [0.3, 0.4) is 0 Å². The molecule has 6 heterocycles. The number of pyridine rings is 1. The van der Waals surface area contributed by atoms with Crippen LogP contribution in [-0.4, -0.2) is 68.2 Å². The molecule has 3 saturated heterocycles. The number of aromatic nitrogens is 5. The van der Waals surface area contributed by atoms with E-state index in [0.717, 1.165) is 60.9 Å². The van der Waals surface area contributed by atoms with Crippen molar-refractivity contribution in [3.8, 4) is 17.2 Å². The number of carbonyl (C=O) groups excluding carboxylic acids is 1. The van der Waals surface area contributed by atoms with E-state index in [0.29, 0.717) is 64.7 Å². The first kappa shape index (κ1) is 34.4. The van der Waals surface area contributed by atoms with E-state index in [9.17, 15) is 10.1 Å². The normalized spacial score (nSPS) is 25.4. The number of nitriles is 1. The second-order valence-electron chi connectivity index (χ2n) is 16.2. The van der Waals surface area contributed by atoms with E-state index in [1.54, 1.807) is 25.3 Å². The third kappa shape index (κ3) is 5.24. The van der Waals surface area contributed by atoms with Crippen molar-refractivity contribution in [2.75, 3.05) is 26.8 Å². The van der Waals surface area contributed by atoms with Gasteiger partial charge in [0, 0.05) is 83.5 Å². The summed E-state index contributed by atoms with van der Waals surface area (Å²) in [6.07, 6.45) is 8.27. The maximum Gasteiger partial charge on any atom is 0.226 e. The molecule has 0 spiro atoms. The summed E-state index contributed by atoms with van der Waals surface area (Å²) in [5.41, 5.74) is 5.33. The SMILES string of the molecule is COCC1(c2cn(C3CC(c4cc5c(C)nc6c(F)c(-c7cccc(Cl)c7Cl)c(CCC#N)cc6c5n4C4C5CNC4C5)N(C(=O)C4CC4)C3)nn2)CC1. The molecule has 2 bridgehead atoms. The summed E-state index contributed by atoms with van der Waals surface area (Å²) < 4.78 is 27.2. The van der Waals surface area contributed by atoms with Crippen molar-refractivity contribution >= 4 is 50.9 Å². The number of hydrogen-bond acceptors (Lipinski definition) is 7. The Labute approximate surface area is 322 Å². The van der Waals surface area contributed by atoms with Crippen LogP contribution >= 0.6 is 23.2 Å². The molecular formula is C41H41Cl2FN8O2. The van der Waals surface area contributed by atoms with Gasteiger partial charge in [0.1, 0.15) is 5.52 Å². The van der Waals surface area contributed by atoms with Crippen LogP contribution in [0.15, 0.2) is 36.5 Å². The molecule has 11 rings (SSSR count). The lowest BCUT2D eigenvalue weighted by Crippen LogP contribution is -2.41. The average Bonchev–Trinajstić information content (AvgIpc) is 3.74. The number of methoxy groups -OCH3 is 1. The minimum absolute atomic E-state index is 0.0454. The lowest BCUT2D eigenvalue weighted by molar-refractivity contribution is -0.133. The Balaban J connectivity index is 1.16. The number of benzene rings is 2. The quantitative estimate of drug-likeness (QED) is 0.154. The summed E-state index contributed by atoms with van der Waals surface area (Å²) in [7, 11) is 1.73. The maximum atomic E-state index is 17.3. The van der Waals surface area contributed by atoms with Crippen LogP contribution in [0.2, 0.25) is 10.0 Å². The van der Waals surface area contributed by atoms with Gasteiger partial charge in [0.2, 0.25) is 5.91 Å². The zero-order valence-corrected chi connectivity index (χ0v) is 31.8. The van der Waals surface area contributed by atoms with Crippen LogP contribution in [0.25, 0.3) is 32.9 Å². The fourth-order valence-corrected chi connectivity index (χ4v) is 10.2. The number of carbonyl (C=O) groups is 1. The van der Waals surface area contributed by atoms with Gasteiger partial charge in [-0.05, 0) is 81.5 Å². The Morgan fingerprint density at radius 2 is 2.02 bits per heavy atom.